The van der Waals surface area contributed by atoms with E-state index < -0.39 is 12.2 Å². The fourth-order valence-electron chi connectivity index (χ4n) is 5.27. The van der Waals surface area contributed by atoms with Crippen LogP contribution in [-0.2, 0) is 9.53 Å². The Bertz CT molecular complexity index is 762. The van der Waals surface area contributed by atoms with E-state index in [4.69, 9.17) is 9.47 Å². The first-order valence-electron chi connectivity index (χ1n) is 12.4. The number of nitrogens with zero attached hydrogens (tertiary/aromatic N) is 3. The zero-order valence-electron chi connectivity index (χ0n) is 19.8. The number of piperazine rings is 1. The normalized spacial score (nSPS) is 27.5. The predicted octanol–water partition coefficient (Wildman–Crippen LogP) is 1.35. The number of amides is 1. The molecule has 0 bridgehead atoms. The summed E-state index contributed by atoms with van der Waals surface area (Å²) < 4.78 is 11.6. The number of rotatable bonds is 7. The third-order valence-corrected chi connectivity index (χ3v) is 7.47. The first-order valence-corrected chi connectivity index (χ1v) is 12.4. The van der Waals surface area contributed by atoms with Crippen LogP contribution in [0.4, 0.5) is 5.69 Å². The lowest BCUT2D eigenvalue weighted by Gasteiger charge is -2.41. The molecule has 8 heteroatoms. The van der Waals surface area contributed by atoms with E-state index in [9.17, 15) is 15.0 Å². The molecule has 2 N–H and O–H groups in total. The number of benzene rings is 1. The number of carbonyl (C=O) groups excluding carboxylic acids is 1. The summed E-state index contributed by atoms with van der Waals surface area (Å²) in [5, 5.41) is 19.8. The van der Waals surface area contributed by atoms with Gasteiger partial charge >= 0.3 is 0 Å². The van der Waals surface area contributed by atoms with Crippen molar-refractivity contribution in [1.29, 1.82) is 0 Å². The SMILES string of the molecule is COc1ccccc1N1CCN(C(=O)[C@H]2O[C@H](CCN3CCC(CO)CC3)CC[C@@H]2O)CC1. The van der Waals surface area contributed by atoms with Gasteiger partial charge in [-0.3, -0.25) is 4.79 Å². The van der Waals surface area contributed by atoms with Gasteiger partial charge < -0.3 is 34.4 Å². The monoisotopic (exact) mass is 461 g/mol. The molecular formula is C25H39N3O5. The highest BCUT2D eigenvalue weighted by Crippen LogP contribution is 2.29. The van der Waals surface area contributed by atoms with Crippen LogP contribution in [0.15, 0.2) is 24.3 Å². The molecule has 3 saturated heterocycles. The minimum absolute atomic E-state index is 0.00721. The molecule has 4 rings (SSSR count). The van der Waals surface area contributed by atoms with Crippen LogP contribution in [0.2, 0.25) is 0 Å². The molecule has 8 nitrogen and oxygen atoms in total. The molecule has 3 fully saturated rings. The second-order valence-electron chi connectivity index (χ2n) is 9.56. The largest absolute Gasteiger partial charge is 0.495 e. The molecule has 1 aromatic rings. The number of aliphatic hydroxyl groups is 2. The number of para-hydroxylation sites is 2. The van der Waals surface area contributed by atoms with Gasteiger partial charge in [-0.1, -0.05) is 12.1 Å². The number of anilines is 1. The molecule has 3 aliphatic rings. The molecule has 3 aliphatic heterocycles. The van der Waals surface area contributed by atoms with Crippen molar-refractivity contribution in [3.8, 4) is 5.75 Å². The molecule has 0 spiro atoms. The average molecular weight is 462 g/mol. The molecular weight excluding hydrogens is 422 g/mol. The highest BCUT2D eigenvalue weighted by molar-refractivity contribution is 5.82. The number of methoxy groups -OCH3 is 1. The van der Waals surface area contributed by atoms with Crippen LogP contribution in [0.1, 0.15) is 32.1 Å². The van der Waals surface area contributed by atoms with Crippen molar-refractivity contribution in [3.63, 3.8) is 0 Å². The van der Waals surface area contributed by atoms with E-state index in [1.807, 2.05) is 29.2 Å². The van der Waals surface area contributed by atoms with Crippen LogP contribution in [0.5, 0.6) is 5.75 Å². The number of aliphatic hydroxyl groups excluding tert-OH is 2. The van der Waals surface area contributed by atoms with Crippen molar-refractivity contribution in [2.24, 2.45) is 5.92 Å². The molecule has 33 heavy (non-hydrogen) atoms. The Balaban J connectivity index is 1.26. The smallest absolute Gasteiger partial charge is 0.254 e. The first-order chi connectivity index (χ1) is 16.1. The van der Waals surface area contributed by atoms with Crippen molar-refractivity contribution >= 4 is 11.6 Å². The van der Waals surface area contributed by atoms with Gasteiger partial charge in [0.15, 0.2) is 6.10 Å². The van der Waals surface area contributed by atoms with Crippen molar-refractivity contribution in [3.05, 3.63) is 24.3 Å². The molecule has 0 saturated carbocycles. The van der Waals surface area contributed by atoms with Gasteiger partial charge in [0.25, 0.3) is 5.91 Å². The summed E-state index contributed by atoms with van der Waals surface area (Å²) in [5.74, 6) is 1.19. The third kappa shape index (κ3) is 5.98. The van der Waals surface area contributed by atoms with E-state index in [2.05, 4.69) is 9.80 Å². The Labute approximate surface area is 197 Å². The zero-order valence-corrected chi connectivity index (χ0v) is 19.8. The van der Waals surface area contributed by atoms with Gasteiger partial charge in [0.05, 0.1) is 25.0 Å². The molecule has 0 unspecified atom stereocenters. The van der Waals surface area contributed by atoms with E-state index in [0.29, 0.717) is 25.4 Å². The predicted molar refractivity (Wildman–Crippen MR) is 127 cm³/mol. The van der Waals surface area contributed by atoms with E-state index in [1.165, 1.54) is 0 Å². The fourth-order valence-corrected chi connectivity index (χ4v) is 5.27. The van der Waals surface area contributed by atoms with Crippen molar-refractivity contribution in [2.75, 3.05) is 64.4 Å². The zero-order chi connectivity index (χ0) is 23.2. The number of piperidine rings is 1. The van der Waals surface area contributed by atoms with Gasteiger partial charge in [0, 0.05) is 39.3 Å². The molecule has 0 radical (unpaired) electrons. The maximum atomic E-state index is 13.2. The molecule has 3 atom stereocenters. The minimum Gasteiger partial charge on any atom is -0.495 e. The second-order valence-corrected chi connectivity index (χ2v) is 9.56. The molecule has 0 aliphatic carbocycles. The Morgan fingerprint density at radius 1 is 1.06 bits per heavy atom. The molecule has 1 amide bonds. The van der Waals surface area contributed by atoms with Crippen molar-refractivity contribution in [2.45, 2.75) is 50.4 Å². The standard InChI is InChI=1S/C25H39N3O5/c1-32-23-5-3-2-4-21(23)27-14-16-28(17-15-27)25(31)24-22(30)7-6-20(33-24)10-13-26-11-8-19(18-29)9-12-26/h2-5,19-20,22,24,29-30H,6-18H2,1H3/t20-,22-,24-/m0/s1. The van der Waals surface area contributed by atoms with Crippen LogP contribution in [-0.4, -0.2) is 104 Å². The lowest BCUT2D eigenvalue weighted by molar-refractivity contribution is -0.168. The topological polar surface area (TPSA) is 85.7 Å². The summed E-state index contributed by atoms with van der Waals surface area (Å²) in [7, 11) is 1.67. The highest BCUT2D eigenvalue weighted by atomic mass is 16.5. The van der Waals surface area contributed by atoms with Gasteiger partial charge in [-0.2, -0.15) is 0 Å². The van der Waals surface area contributed by atoms with E-state index in [1.54, 1.807) is 7.11 Å². The van der Waals surface area contributed by atoms with Crippen LogP contribution in [0.25, 0.3) is 0 Å². The lowest BCUT2D eigenvalue weighted by atomic mass is 9.96. The number of likely N-dealkylation sites (tertiary alicyclic amines) is 1. The molecule has 1 aromatic carbocycles. The highest BCUT2D eigenvalue weighted by Gasteiger charge is 2.38. The van der Waals surface area contributed by atoms with Gasteiger partial charge in [-0.15, -0.1) is 0 Å². The summed E-state index contributed by atoms with van der Waals surface area (Å²) in [5.41, 5.74) is 1.05. The van der Waals surface area contributed by atoms with Crippen LogP contribution < -0.4 is 9.64 Å². The van der Waals surface area contributed by atoms with Gasteiger partial charge in [-0.05, 0) is 63.2 Å². The maximum Gasteiger partial charge on any atom is 0.254 e. The summed E-state index contributed by atoms with van der Waals surface area (Å²) >= 11 is 0. The fraction of sp³-hybridized carbons (Fsp3) is 0.720. The number of carbonyl (C=O) groups is 1. The number of hydrogen-bond donors (Lipinski definition) is 2. The minimum atomic E-state index is -0.762. The van der Waals surface area contributed by atoms with Gasteiger partial charge in [0.2, 0.25) is 0 Å². The molecule has 3 heterocycles. The second kappa shape index (κ2) is 11.5. The van der Waals surface area contributed by atoms with E-state index >= 15 is 0 Å². The van der Waals surface area contributed by atoms with Crippen LogP contribution in [0.3, 0.4) is 0 Å². The Morgan fingerprint density at radius 2 is 1.79 bits per heavy atom. The summed E-state index contributed by atoms with van der Waals surface area (Å²) in [6, 6.07) is 7.95. The number of hydrogen-bond acceptors (Lipinski definition) is 7. The Kier molecular flexibility index (Phi) is 8.46. The van der Waals surface area contributed by atoms with Gasteiger partial charge in [0.1, 0.15) is 5.75 Å². The van der Waals surface area contributed by atoms with Crippen LogP contribution >= 0.6 is 0 Å². The van der Waals surface area contributed by atoms with Crippen molar-refractivity contribution in [1.82, 2.24) is 9.80 Å². The molecule has 184 valence electrons. The molecule has 0 aromatic heterocycles. The van der Waals surface area contributed by atoms with Gasteiger partial charge in [-0.25, -0.2) is 0 Å². The number of ether oxygens (including phenoxy) is 2. The summed E-state index contributed by atoms with van der Waals surface area (Å²) in [6.45, 7) is 5.91. The van der Waals surface area contributed by atoms with E-state index in [0.717, 1.165) is 69.8 Å². The Hall–Kier alpha value is -1.87. The summed E-state index contributed by atoms with van der Waals surface area (Å²) in [4.78, 5) is 19.7. The van der Waals surface area contributed by atoms with Crippen LogP contribution in [0, 0.1) is 5.92 Å². The third-order valence-electron chi connectivity index (χ3n) is 7.47. The quantitative estimate of drug-likeness (QED) is 0.634. The average Bonchev–Trinajstić information content (AvgIpc) is 2.88. The first kappa shape index (κ1) is 24.3. The lowest BCUT2D eigenvalue weighted by Crippen LogP contribution is -2.56. The van der Waals surface area contributed by atoms with Crippen molar-refractivity contribution < 1.29 is 24.5 Å². The van der Waals surface area contributed by atoms with E-state index in [-0.39, 0.29) is 18.6 Å². The summed E-state index contributed by atoms with van der Waals surface area (Å²) in [6.07, 6.45) is 2.87. The maximum absolute atomic E-state index is 13.2. The Morgan fingerprint density at radius 3 is 2.48 bits per heavy atom.